The highest BCUT2D eigenvalue weighted by molar-refractivity contribution is 9.10. The Morgan fingerprint density at radius 1 is 1.33 bits per heavy atom. The van der Waals surface area contributed by atoms with Gasteiger partial charge in [-0.3, -0.25) is 4.90 Å². The van der Waals surface area contributed by atoms with E-state index in [1.165, 1.54) is 35.0 Å². The fraction of sp³-hybridized carbons (Fsp3) is 0.538. The molecule has 0 bridgehead atoms. The second-order valence-corrected chi connectivity index (χ2v) is 5.69. The van der Waals surface area contributed by atoms with Gasteiger partial charge >= 0.3 is 0 Å². The van der Waals surface area contributed by atoms with E-state index in [4.69, 9.17) is 5.73 Å². The zero-order valence-corrected chi connectivity index (χ0v) is 13.8. The van der Waals surface area contributed by atoms with Gasteiger partial charge in [0.25, 0.3) is 0 Å². The summed E-state index contributed by atoms with van der Waals surface area (Å²) >= 11 is 3.55. The SMILES string of the molecule is Cc1cc(Br)cc(CN2CCCC(N)C2)c1.Cl.Cl. The Hall–Kier alpha value is 0.200. The predicted octanol–water partition coefficient (Wildman–Crippen LogP) is 3.52. The molecule has 2 N–H and O–H groups in total. The molecular weight excluding hydrogens is 335 g/mol. The number of likely N-dealkylation sites (tertiary alicyclic amines) is 1. The molecule has 1 aromatic carbocycles. The summed E-state index contributed by atoms with van der Waals surface area (Å²) in [5, 5.41) is 0. The molecule has 1 aliphatic heterocycles. The van der Waals surface area contributed by atoms with Crippen LogP contribution in [0.15, 0.2) is 22.7 Å². The Kier molecular flexibility index (Phi) is 8.48. The maximum absolute atomic E-state index is 5.99. The molecule has 0 amide bonds. The summed E-state index contributed by atoms with van der Waals surface area (Å²) in [7, 11) is 0. The van der Waals surface area contributed by atoms with Gasteiger partial charge in [0.05, 0.1) is 0 Å². The molecule has 1 atom stereocenters. The van der Waals surface area contributed by atoms with Gasteiger partial charge in [-0.25, -0.2) is 0 Å². The van der Waals surface area contributed by atoms with E-state index in [1.807, 2.05) is 0 Å². The minimum atomic E-state index is 0. The number of nitrogens with two attached hydrogens (primary N) is 1. The minimum Gasteiger partial charge on any atom is -0.327 e. The maximum atomic E-state index is 5.99. The summed E-state index contributed by atoms with van der Waals surface area (Å²) in [5.74, 6) is 0. The summed E-state index contributed by atoms with van der Waals surface area (Å²) in [6.07, 6.45) is 2.40. The average molecular weight is 356 g/mol. The van der Waals surface area contributed by atoms with Crippen LogP contribution in [0.5, 0.6) is 0 Å². The van der Waals surface area contributed by atoms with Crippen LogP contribution < -0.4 is 5.73 Å². The van der Waals surface area contributed by atoms with Gasteiger partial charge in [-0.15, -0.1) is 24.8 Å². The van der Waals surface area contributed by atoms with Crippen molar-refractivity contribution in [3.05, 3.63) is 33.8 Å². The molecule has 2 nitrogen and oxygen atoms in total. The van der Waals surface area contributed by atoms with E-state index in [-0.39, 0.29) is 24.8 Å². The van der Waals surface area contributed by atoms with Crippen LogP contribution in [0, 0.1) is 6.92 Å². The molecule has 0 radical (unpaired) electrons. The molecule has 1 fully saturated rings. The monoisotopic (exact) mass is 354 g/mol. The zero-order valence-electron chi connectivity index (χ0n) is 10.6. The van der Waals surface area contributed by atoms with Crippen molar-refractivity contribution in [2.45, 2.75) is 32.4 Å². The fourth-order valence-electron chi connectivity index (χ4n) is 2.40. The summed E-state index contributed by atoms with van der Waals surface area (Å²) in [4.78, 5) is 2.45. The van der Waals surface area contributed by atoms with E-state index in [9.17, 15) is 0 Å². The fourth-order valence-corrected chi connectivity index (χ4v) is 3.05. The average Bonchev–Trinajstić information content (AvgIpc) is 2.15. The minimum absolute atomic E-state index is 0. The number of halogens is 3. The van der Waals surface area contributed by atoms with Crippen LogP contribution in [-0.2, 0) is 6.54 Å². The van der Waals surface area contributed by atoms with Crippen LogP contribution >= 0.6 is 40.7 Å². The molecule has 1 unspecified atom stereocenters. The second kappa shape index (κ2) is 8.39. The van der Waals surface area contributed by atoms with Crippen LogP contribution in [0.4, 0.5) is 0 Å². The third-order valence-electron chi connectivity index (χ3n) is 3.05. The van der Waals surface area contributed by atoms with Crippen LogP contribution in [-0.4, -0.2) is 24.0 Å². The molecule has 1 saturated heterocycles. The van der Waals surface area contributed by atoms with Crippen LogP contribution in [0.3, 0.4) is 0 Å². The van der Waals surface area contributed by atoms with Crippen LogP contribution in [0.2, 0.25) is 0 Å². The molecule has 0 aromatic heterocycles. The first kappa shape index (κ1) is 18.2. The Balaban J connectivity index is 0.00000144. The van der Waals surface area contributed by atoms with Gasteiger partial charge in [-0.05, 0) is 49.6 Å². The third-order valence-corrected chi connectivity index (χ3v) is 3.51. The quantitative estimate of drug-likeness (QED) is 0.879. The van der Waals surface area contributed by atoms with Crippen molar-refractivity contribution < 1.29 is 0 Å². The highest BCUT2D eigenvalue weighted by atomic mass is 79.9. The molecule has 2 rings (SSSR count). The van der Waals surface area contributed by atoms with E-state index in [0.29, 0.717) is 6.04 Å². The number of aryl methyl sites for hydroxylation is 1. The molecular formula is C13H21BrCl2N2. The molecule has 1 aromatic rings. The number of nitrogens with zero attached hydrogens (tertiary/aromatic N) is 1. The van der Waals surface area contributed by atoms with Crippen molar-refractivity contribution in [2.24, 2.45) is 5.73 Å². The Morgan fingerprint density at radius 3 is 2.67 bits per heavy atom. The highest BCUT2D eigenvalue weighted by Crippen LogP contribution is 2.18. The normalized spacial score (nSPS) is 19.8. The molecule has 0 spiro atoms. The number of benzene rings is 1. The molecule has 0 saturated carbocycles. The van der Waals surface area contributed by atoms with E-state index in [1.54, 1.807) is 0 Å². The largest absolute Gasteiger partial charge is 0.327 e. The molecule has 5 heteroatoms. The van der Waals surface area contributed by atoms with Crippen LogP contribution in [0.1, 0.15) is 24.0 Å². The summed E-state index contributed by atoms with van der Waals surface area (Å²) < 4.78 is 1.17. The number of hydrogen-bond acceptors (Lipinski definition) is 2. The Labute approximate surface area is 130 Å². The zero-order chi connectivity index (χ0) is 11.5. The lowest BCUT2D eigenvalue weighted by molar-refractivity contribution is 0.201. The van der Waals surface area contributed by atoms with Crippen molar-refractivity contribution in [1.29, 1.82) is 0 Å². The molecule has 104 valence electrons. The van der Waals surface area contributed by atoms with Crippen molar-refractivity contribution in [3.63, 3.8) is 0 Å². The van der Waals surface area contributed by atoms with Gasteiger partial charge in [0.15, 0.2) is 0 Å². The first-order valence-corrected chi connectivity index (χ1v) is 6.67. The molecule has 0 aliphatic carbocycles. The van der Waals surface area contributed by atoms with E-state index >= 15 is 0 Å². The van der Waals surface area contributed by atoms with Gasteiger partial charge in [0, 0.05) is 23.6 Å². The second-order valence-electron chi connectivity index (χ2n) is 4.77. The van der Waals surface area contributed by atoms with Crippen molar-refractivity contribution in [2.75, 3.05) is 13.1 Å². The highest BCUT2D eigenvalue weighted by Gasteiger charge is 2.16. The third kappa shape index (κ3) is 5.45. The van der Waals surface area contributed by atoms with Gasteiger partial charge < -0.3 is 5.73 Å². The van der Waals surface area contributed by atoms with Gasteiger partial charge in [-0.2, -0.15) is 0 Å². The summed E-state index contributed by atoms with van der Waals surface area (Å²) in [5.41, 5.74) is 8.67. The van der Waals surface area contributed by atoms with Crippen molar-refractivity contribution >= 4 is 40.7 Å². The molecule has 1 aliphatic rings. The summed E-state index contributed by atoms with van der Waals surface area (Å²) in [6, 6.07) is 6.96. The summed E-state index contributed by atoms with van der Waals surface area (Å²) in [6.45, 7) is 5.37. The maximum Gasteiger partial charge on any atom is 0.0234 e. The molecule has 18 heavy (non-hydrogen) atoms. The number of rotatable bonds is 2. The first-order valence-electron chi connectivity index (χ1n) is 5.87. The topological polar surface area (TPSA) is 29.3 Å². The van der Waals surface area contributed by atoms with Gasteiger partial charge in [0.2, 0.25) is 0 Å². The first-order chi connectivity index (χ1) is 7.63. The van der Waals surface area contributed by atoms with Crippen molar-refractivity contribution in [3.8, 4) is 0 Å². The molecule has 1 heterocycles. The smallest absolute Gasteiger partial charge is 0.0234 e. The van der Waals surface area contributed by atoms with E-state index < -0.39 is 0 Å². The lowest BCUT2D eigenvalue weighted by atomic mass is 10.1. The Bertz CT molecular complexity index is 354. The van der Waals surface area contributed by atoms with E-state index in [0.717, 1.165) is 13.1 Å². The lowest BCUT2D eigenvalue weighted by Gasteiger charge is -2.30. The Morgan fingerprint density at radius 2 is 2.06 bits per heavy atom. The standard InChI is InChI=1S/C13H19BrN2.2ClH/c1-10-5-11(7-12(14)6-10)8-16-4-2-3-13(15)9-16;;/h5-7,13H,2-4,8-9,15H2,1H3;2*1H. The van der Waals surface area contributed by atoms with Crippen molar-refractivity contribution in [1.82, 2.24) is 4.90 Å². The van der Waals surface area contributed by atoms with E-state index in [2.05, 4.69) is 46.0 Å². The number of hydrogen-bond donors (Lipinski definition) is 1. The van der Waals surface area contributed by atoms with Crippen LogP contribution in [0.25, 0.3) is 0 Å². The number of piperidine rings is 1. The van der Waals surface area contributed by atoms with Gasteiger partial charge in [-0.1, -0.05) is 22.0 Å². The predicted molar refractivity (Wildman–Crippen MR) is 85.9 cm³/mol. The lowest BCUT2D eigenvalue weighted by Crippen LogP contribution is -2.42. The van der Waals surface area contributed by atoms with Gasteiger partial charge in [0.1, 0.15) is 0 Å².